The second-order valence-electron chi connectivity index (χ2n) is 7.46. The summed E-state index contributed by atoms with van der Waals surface area (Å²) in [5.74, 6) is 0. The Kier molecular flexibility index (Phi) is 5.96. The number of carbonyl (C=O) groups excluding carboxylic acids is 1. The third kappa shape index (κ3) is 4.35. The van der Waals surface area contributed by atoms with E-state index in [2.05, 4.69) is 15.2 Å². The lowest BCUT2D eigenvalue weighted by Crippen LogP contribution is -2.52. The molecule has 2 fully saturated rings. The van der Waals surface area contributed by atoms with E-state index < -0.39 is 0 Å². The highest BCUT2D eigenvalue weighted by Crippen LogP contribution is 2.20. The molecule has 1 unspecified atom stereocenters. The number of ether oxygens (including phenoxy) is 1. The monoisotopic (exact) mass is 401 g/mol. The minimum absolute atomic E-state index is 0.0373. The van der Waals surface area contributed by atoms with Gasteiger partial charge in [-0.2, -0.15) is 0 Å². The van der Waals surface area contributed by atoms with Gasteiger partial charge in [-0.1, -0.05) is 0 Å². The average Bonchev–Trinajstić information content (AvgIpc) is 3.28. The molecule has 4 rings (SSSR count). The molecule has 29 heavy (non-hydrogen) atoms. The Morgan fingerprint density at radius 1 is 1.28 bits per heavy atom. The van der Waals surface area contributed by atoms with Crippen LogP contribution in [0.25, 0.3) is 10.9 Å². The molecule has 156 valence electrons. The molecule has 1 aromatic heterocycles. The lowest BCUT2D eigenvalue weighted by atomic mass is 10.2. The maximum atomic E-state index is 12.4. The van der Waals surface area contributed by atoms with Crippen LogP contribution in [-0.4, -0.2) is 77.6 Å². The van der Waals surface area contributed by atoms with Crippen molar-refractivity contribution in [2.24, 2.45) is 0 Å². The largest absolute Gasteiger partial charge is 0.395 e. The third-order valence-electron chi connectivity index (χ3n) is 5.59. The second kappa shape index (κ2) is 8.79. The van der Waals surface area contributed by atoms with Crippen molar-refractivity contribution in [1.29, 1.82) is 0 Å². The number of aromatic nitrogens is 2. The van der Waals surface area contributed by atoms with Gasteiger partial charge < -0.3 is 25.0 Å². The number of aliphatic hydroxyl groups is 1. The molecule has 9 heteroatoms. The van der Waals surface area contributed by atoms with Gasteiger partial charge in [-0.25, -0.2) is 9.78 Å². The van der Waals surface area contributed by atoms with E-state index in [0.717, 1.165) is 38.2 Å². The van der Waals surface area contributed by atoms with Crippen molar-refractivity contribution in [1.82, 2.24) is 19.8 Å². The van der Waals surface area contributed by atoms with Gasteiger partial charge in [0.05, 0.1) is 36.5 Å². The fourth-order valence-electron chi connectivity index (χ4n) is 3.90. The number of nitrogens with zero attached hydrogens (tertiary/aromatic N) is 4. The first kappa shape index (κ1) is 19.7. The summed E-state index contributed by atoms with van der Waals surface area (Å²) in [6.45, 7) is 4.22. The van der Waals surface area contributed by atoms with Gasteiger partial charge in [0.25, 0.3) is 5.56 Å². The van der Waals surface area contributed by atoms with Crippen molar-refractivity contribution >= 4 is 22.6 Å². The average molecular weight is 401 g/mol. The second-order valence-corrected chi connectivity index (χ2v) is 7.46. The molecule has 0 aliphatic carbocycles. The molecule has 0 bridgehead atoms. The normalized spacial score (nSPS) is 19.7. The number of benzene rings is 1. The number of piperazine rings is 1. The Labute approximate surface area is 168 Å². The Morgan fingerprint density at radius 3 is 2.83 bits per heavy atom. The van der Waals surface area contributed by atoms with Gasteiger partial charge in [0.2, 0.25) is 0 Å². The van der Waals surface area contributed by atoms with Crippen LogP contribution in [0.3, 0.4) is 0 Å². The molecule has 2 aliphatic heterocycles. The standard InChI is InChI=1S/C20H27N5O4/c26-10-9-25-14-22-18-12-15(3-4-17(18)19(25)27)23-5-7-24(8-6-23)20(28)21-13-16-2-1-11-29-16/h3-4,12,14,16,26H,1-2,5-11,13H2,(H,21,28). The van der Waals surface area contributed by atoms with E-state index in [4.69, 9.17) is 9.84 Å². The van der Waals surface area contributed by atoms with Crippen molar-refractivity contribution in [2.75, 3.05) is 50.8 Å². The summed E-state index contributed by atoms with van der Waals surface area (Å²) >= 11 is 0. The number of hydrogen-bond donors (Lipinski definition) is 2. The van der Waals surface area contributed by atoms with Gasteiger partial charge in [0, 0.05) is 45.0 Å². The summed E-state index contributed by atoms with van der Waals surface area (Å²) in [6.07, 6.45) is 3.69. The number of urea groups is 1. The van der Waals surface area contributed by atoms with Crippen molar-refractivity contribution in [3.63, 3.8) is 0 Å². The summed E-state index contributed by atoms with van der Waals surface area (Å²) in [5.41, 5.74) is 1.48. The summed E-state index contributed by atoms with van der Waals surface area (Å²) in [6, 6.07) is 5.58. The molecule has 3 heterocycles. The van der Waals surface area contributed by atoms with Crippen LogP contribution in [0.5, 0.6) is 0 Å². The van der Waals surface area contributed by atoms with Gasteiger partial charge in [0.15, 0.2) is 0 Å². The number of hydrogen-bond acceptors (Lipinski definition) is 6. The van der Waals surface area contributed by atoms with Crippen LogP contribution in [0.15, 0.2) is 29.3 Å². The molecule has 2 aliphatic rings. The number of fused-ring (bicyclic) bond motifs is 1. The predicted molar refractivity (Wildman–Crippen MR) is 109 cm³/mol. The van der Waals surface area contributed by atoms with Gasteiger partial charge in [-0.3, -0.25) is 9.36 Å². The Morgan fingerprint density at radius 2 is 2.10 bits per heavy atom. The Balaban J connectivity index is 1.36. The first-order valence-corrected chi connectivity index (χ1v) is 10.1. The van der Waals surface area contributed by atoms with Crippen molar-refractivity contribution in [3.05, 3.63) is 34.9 Å². The lowest BCUT2D eigenvalue weighted by Gasteiger charge is -2.36. The zero-order valence-electron chi connectivity index (χ0n) is 16.4. The number of carbonyl (C=O) groups is 1. The number of nitrogens with one attached hydrogen (secondary N) is 1. The molecule has 1 atom stereocenters. The van der Waals surface area contributed by atoms with Crippen LogP contribution in [0.2, 0.25) is 0 Å². The molecule has 2 N–H and O–H groups in total. The van der Waals surface area contributed by atoms with E-state index in [-0.39, 0.29) is 30.8 Å². The van der Waals surface area contributed by atoms with E-state index >= 15 is 0 Å². The minimum Gasteiger partial charge on any atom is -0.395 e. The fourth-order valence-corrected chi connectivity index (χ4v) is 3.90. The molecule has 2 amide bonds. The van der Waals surface area contributed by atoms with E-state index in [1.54, 1.807) is 6.07 Å². The van der Waals surface area contributed by atoms with Crippen LogP contribution in [-0.2, 0) is 11.3 Å². The first-order chi connectivity index (χ1) is 14.2. The van der Waals surface area contributed by atoms with E-state index in [0.29, 0.717) is 30.5 Å². The molecule has 1 aromatic carbocycles. The molecule has 9 nitrogen and oxygen atoms in total. The molecular weight excluding hydrogens is 374 g/mol. The van der Waals surface area contributed by atoms with Crippen LogP contribution in [0.4, 0.5) is 10.5 Å². The van der Waals surface area contributed by atoms with E-state index in [1.165, 1.54) is 10.9 Å². The number of amides is 2. The molecule has 0 saturated carbocycles. The van der Waals surface area contributed by atoms with Crippen LogP contribution in [0, 0.1) is 0 Å². The van der Waals surface area contributed by atoms with Gasteiger partial charge >= 0.3 is 6.03 Å². The fraction of sp³-hybridized carbons (Fsp3) is 0.550. The quantitative estimate of drug-likeness (QED) is 0.752. The molecule has 0 spiro atoms. The summed E-state index contributed by atoms with van der Waals surface area (Å²) in [7, 11) is 0. The molecule has 0 radical (unpaired) electrons. The maximum absolute atomic E-state index is 12.4. The predicted octanol–water partition coefficient (Wildman–Crippen LogP) is 0.399. The molecule has 2 aromatic rings. The zero-order chi connectivity index (χ0) is 20.2. The number of aliphatic hydroxyl groups excluding tert-OH is 1. The smallest absolute Gasteiger partial charge is 0.317 e. The number of rotatable bonds is 5. The molecular formula is C20H27N5O4. The highest BCUT2D eigenvalue weighted by Gasteiger charge is 2.23. The minimum atomic E-state index is -0.150. The maximum Gasteiger partial charge on any atom is 0.317 e. The summed E-state index contributed by atoms with van der Waals surface area (Å²) < 4.78 is 6.96. The number of anilines is 1. The zero-order valence-corrected chi connectivity index (χ0v) is 16.4. The van der Waals surface area contributed by atoms with Crippen LogP contribution in [0.1, 0.15) is 12.8 Å². The summed E-state index contributed by atoms with van der Waals surface area (Å²) in [5, 5.41) is 12.6. The van der Waals surface area contributed by atoms with Crippen molar-refractivity contribution < 1.29 is 14.6 Å². The van der Waals surface area contributed by atoms with Gasteiger partial charge in [-0.15, -0.1) is 0 Å². The van der Waals surface area contributed by atoms with Gasteiger partial charge in [-0.05, 0) is 31.0 Å². The van der Waals surface area contributed by atoms with Crippen LogP contribution >= 0.6 is 0 Å². The van der Waals surface area contributed by atoms with E-state index in [9.17, 15) is 9.59 Å². The summed E-state index contributed by atoms with van der Waals surface area (Å²) in [4.78, 5) is 33.2. The Hall–Kier alpha value is -2.65. The highest BCUT2D eigenvalue weighted by molar-refractivity contribution is 5.81. The molecule has 2 saturated heterocycles. The topological polar surface area (TPSA) is 99.9 Å². The van der Waals surface area contributed by atoms with Crippen molar-refractivity contribution in [3.8, 4) is 0 Å². The Bertz CT molecular complexity index is 917. The van der Waals surface area contributed by atoms with E-state index in [1.807, 2.05) is 17.0 Å². The first-order valence-electron chi connectivity index (χ1n) is 10.1. The van der Waals surface area contributed by atoms with Crippen molar-refractivity contribution in [2.45, 2.75) is 25.5 Å². The SMILES string of the molecule is O=C(NCC1CCCO1)N1CCN(c2ccc3c(=O)n(CCO)cnc3c2)CC1. The highest BCUT2D eigenvalue weighted by atomic mass is 16.5. The lowest BCUT2D eigenvalue weighted by molar-refractivity contribution is 0.108. The van der Waals surface area contributed by atoms with Gasteiger partial charge in [0.1, 0.15) is 0 Å². The third-order valence-corrected chi connectivity index (χ3v) is 5.59. The van der Waals surface area contributed by atoms with Crippen LogP contribution < -0.4 is 15.8 Å².